The van der Waals surface area contributed by atoms with E-state index in [2.05, 4.69) is 19.2 Å². The van der Waals surface area contributed by atoms with Crippen LogP contribution in [0.1, 0.15) is 45.4 Å². The molecule has 4 atom stereocenters. The molecular weight excluding hydrogens is 280 g/mol. The molecule has 2 amide bonds. The van der Waals surface area contributed by atoms with Crippen LogP contribution >= 0.6 is 0 Å². The first kappa shape index (κ1) is 15.4. The molecule has 0 unspecified atom stereocenters. The lowest BCUT2D eigenvalue weighted by Crippen LogP contribution is -2.70. The van der Waals surface area contributed by atoms with E-state index in [-0.39, 0.29) is 29.6 Å². The maximum absolute atomic E-state index is 12.6. The number of carbonyl (C=O) groups excluding carboxylic acids is 1. The van der Waals surface area contributed by atoms with Crippen LogP contribution < -0.4 is 5.32 Å². The molecule has 5 nitrogen and oxygen atoms in total. The molecule has 0 spiro atoms. The molecule has 2 fully saturated rings. The molecule has 1 aromatic rings. The van der Waals surface area contributed by atoms with Crippen molar-refractivity contribution in [1.82, 2.24) is 10.2 Å². The van der Waals surface area contributed by atoms with Crippen LogP contribution in [0.4, 0.5) is 4.79 Å². The van der Waals surface area contributed by atoms with Crippen molar-refractivity contribution in [2.45, 2.75) is 51.8 Å². The zero-order chi connectivity index (χ0) is 15.9. The fraction of sp³-hybridized carbons (Fsp3) is 0.706. The smallest absolute Gasteiger partial charge is 0.318 e. The highest BCUT2D eigenvalue weighted by molar-refractivity contribution is 5.75. The van der Waals surface area contributed by atoms with Gasteiger partial charge in [-0.05, 0) is 31.9 Å². The van der Waals surface area contributed by atoms with Crippen LogP contribution in [0.5, 0.6) is 0 Å². The Labute approximate surface area is 132 Å². The molecule has 1 aromatic heterocycles. The molecule has 3 rings (SSSR count). The number of nitrogens with one attached hydrogen (secondary N) is 1. The minimum Gasteiger partial charge on any atom is -0.467 e. The van der Waals surface area contributed by atoms with Crippen molar-refractivity contribution in [1.29, 1.82) is 0 Å². The van der Waals surface area contributed by atoms with E-state index in [9.17, 15) is 4.79 Å². The first-order valence-electron chi connectivity index (χ1n) is 8.11. The van der Waals surface area contributed by atoms with Gasteiger partial charge in [0.2, 0.25) is 0 Å². The van der Waals surface area contributed by atoms with Gasteiger partial charge in [-0.2, -0.15) is 0 Å². The number of ether oxygens (including phenoxy) is 1. The van der Waals surface area contributed by atoms with Crippen molar-refractivity contribution in [3.63, 3.8) is 0 Å². The lowest BCUT2D eigenvalue weighted by Gasteiger charge is -2.60. The number of hydrogen-bond donors (Lipinski definition) is 1. The van der Waals surface area contributed by atoms with Crippen LogP contribution in [-0.2, 0) is 4.74 Å². The van der Waals surface area contributed by atoms with Gasteiger partial charge in [-0.15, -0.1) is 0 Å². The van der Waals surface area contributed by atoms with E-state index in [4.69, 9.17) is 9.15 Å². The SMILES string of the molecule is C[C@H](c1ccco1)N(C)C(=O)N[C@@H]1[C@@H]2CCCO[C@@H]2C1(C)C. The number of urea groups is 1. The molecule has 5 heteroatoms. The molecule has 22 heavy (non-hydrogen) atoms. The Bertz CT molecular complexity index is 526. The topological polar surface area (TPSA) is 54.7 Å². The second kappa shape index (κ2) is 5.61. The molecule has 122 valence electrons. The second-order valence-corrected chi connectivity index (χ2v) is 7.15. The van der Waals surface area contributed by atoms with Crippen molar-refractivity contribution in [2.75, 3.05) is 13.7 Å². The highest BCUT2D eigenvalue weighted by Gasteiger charge is 2.58. The van der Waals surface area contributed by atoms with Crippen LogP contribution in [0, 0.1) is 11.3 Å². The Morgan fingerprint density at radius 1 is 1.50 bits per heavy atom. The maximum atomic E-state index is 12.6. The molecule has 2 aliphatic rings. The fourth-order valence-electron chi connectivity index (χ4n) is 3.95. The number of rotatable bonds is 3. The van der Waals surface area contributed by atoms with Gasteiger partial charge in [-0.3, -0.25) is 0 Å². The summed E-state index contributed by atoms with van der Waals surface area (Å²) >= 11 is 0. The Balaban J connectivity index is 1.64. The average molecular weight is 306 g/mol. The predicted molar refractivity (Wildman–Crippen MR) is 83.5 cm³/mol. The molecule has 1 N–H and O–H groups in total. The third-order valence-electron chi connectivity index (χ3n) is 5.47. The number of nitrogens with zero attached hydrogens (tertiary/aromatic N) is 1. The van der Waals surface area contributed by atoms with E-state index in [0.717, 1.165) is 25.2 Å². The number of furan rings is 1. The van der Waals surface area contributed by atoms with E-state index < -0.39 is 0 Å². The van der Waals surface area contributed by atoms with Gasteiger partial charge in [-0.25, -0.2) is 4.79 Å². The largest absolute Gasteiger partial charge is 0.467 e. The first-order valence-corrected chi connectivity index (χ1v) is 8.11. The lowest BCUT2D eigenvalue weighted by atomic mass is 9.55. The van der Waals surface area contributed by atoms with Gasteiger partial charge in [0.05, 0.1) is 18.4 Å². The molecule has 0 radical (unpaired) electrons. The van der Waals surface area contributed by atoms with Crippen molar-refractivity contribution in [2.24, 2.45) is 11.3 Å². The average Bonchev–Trinajstić information content (AvgIpc) is 3.05. The Hall–Kier alpha value is -1.49. The molecule has 0 aromatic carbocycles. The molecule has 1 aliphatic carbocycles. The highest BCUT2D eigenvalue weighted by Crippen LogP contribution is 2.51. The predicted octanol–water partition coefficient (Wildman–Crippen LogP) is 3.19. The lowest BCUT2D eigenvalue weighted by molar-refractivity contribution is -0.189. The van der Waals surface area contributed by atoms with Crippen LogP contribution in [0.3, 0.4) is 0 Å². The van der Waals surface area contributed by atoms with E-state index in [1.807, 2.05) is 26.1 Å². The minimum absolute atomic E-state index is 0.00446. The molecule has 1 saturated heterocycles. The van der Waals surface area contributed by atoms with E-state index in [0.29, 0.717) is 5.92 Å². The first-order chi connectivity index (χ1) is 10.4. The number of amides is 2. The summed E-state index contributed by atoms with van der Waals surface area (Å²) in [5, 5.41) is 3.21. The fourth-order valence-corrected chi connectivity index (χ4v) is 3.95. The summed E-state index contributed by atoms with van der Waals surface area (Å²) in [7, 11) is 1.81. The summed E-state index contributed by atoms with van der Waals surface area (Å²) in [5.41, 5.74) is -0.00446. The number of fused-ring (bicyclic) bond motifs is 1. The van der Waals surface area contributed by atoms with Gasteiger partial charge in [0.1, 0.15) is 5.76 Å². The summed E-state index contributed by atoms with van der Waals surface area (Å²) in [5.74, 6) is 1.24. The quantitative estimate of drug-likeness (QED) is 0.933. The van der Waals surface area contributed by atoms with Crippen molar-refractivity contribution < 1.29 is 13.9 Å². The van der Waals surface area contributed by atoms with Crippen LogP contribution in [0.2, 0.25) is 0 Å². The third-order valence-corrected chi connectivity index (χ3v) is 5.47. The summed E-state index contributed by atoms with van der Waals surface area (Å²) in [6.45, 7) is 7.18. The van der Waals surface area contributed by atoms with Crippen LogP contribution in [0.15, 0.2) is 22.8 Å². The minimum atomic E-state index is -0.0865. The van der Waals surface area contributed by atoms with Gasteiger partial charge in [0.25, 0.3) is 0 Å². The van der Waals surface area contributed by atoms with Crippen molar-refractivity contribution >= 4 is 6.03 Å². The Morgan fingerprint density at radius 3 is 2.95 bits per heavy atom. The maximum Gasteiger partial charge on any atom is 0.318 e. The van der Waals surface area contributed by atoms with E-state index in [1.165, 1.54) is 0 Å². The second-order valence-electron chi connectivity index (χ2n) is 7.15. The van der Waals surface area contributed by atoms with Gasteiger partial charge >= 0.3 is 6.03 Å². The zero-order valence-electron chi connectivity index (χ0n) is 13.8. The highest BCUT2D eigenvalue weighted by atomic mass is 16.5. The Morgan fingerprint density at radius 2 is 2.27 bits per heavy atom. The van der Waals surface area contributed by atoms with E-state index >= 15 is 0 Å². The zero-order valence-corrected chi connectivity index (χ0v) is 13.8. The van der Waals surface area contributed by atoms with Gasteiger partial charge in [-0.1, -0.05) is 13.8 Å². The number of hydrogen-bond acceptors (Lipinski definition) is 3. The van der Waals surface area contributed by atoms with Gasteiger partial charge in [0, 0.05) is 31.0 Å². The molecule has 1 aliphatic heterocycles. The monoisotopic (exact) mass is 306 g/mol. The van der Waals surface area contributed by atoms with Gasteiger partial charge in [0.15, 0.2) is 0 Å². The molecular formula is C17H26N2O3. The summed E-state index contributed by atoms with van der Waals surface area (Å²) in [6, 6.07) is 3.78. The van der Waals surface area contributed by atoms with E-state index in [1.54, 1.807) is 11.2 Å². The molecule has 1 saturated carbocycles. The molecule has 0 bridgehead atoms. The number of carbonyl (C=O) groups is 1. The molecule has 2 heterocycles. The third kappa shape index (κ3) is 2.41. The van der Waals surface area contributed by atoms with Gasteiger partial charge < -0.3 is 19.4 Å². The normalized spacial score (nSPS) is 30.8. The standard InChI is InChI=1S/C17H26N2O3/c1-11(13-8-6-9-21-13)19(4)16(20)18-14-12-7-5-10-22-15(12)17(14,2)3/h6,8-9,11-12,14-15H,5,7,10H2,1-4H3,(H,18,20)/t11-,12+,14-,15+/m1/s1. The summed E-state index contributed by atoms with van der Waals surface area (Å²) in [6.07, 6.45) is 4.13. The van der Waals surface area contributed by atoms with Crippen LogP contribution in [0.25, 0.3) is 0 Å². The Kier molecular flexibility index (Phi) is 3.93. The summed E-state index contributed by atoms with van der Waals surface area (Å²) < 4.78 is 11.3. The van der Waals surface area contributed by atoms with Crippen molar-refractivity contribution in [3.05, 3.63) is 24.2 Å². The van der Waals surface area contributed by atoms with Crippen molar-refractivity contribution in [3.8, 4) is 0 Å². The summed E-state index contributed by atoms with van der Waals surface area (Å²) in [4.78, 5) is 14.3. The van der Waals surface area contributed by atoms with Crippen LogP contribution in [-0.4, -0.2) is 36.7 Å².